The van der Waals surface area contributed by atoms with E-state index >= 15 is 0 Å². The predicted molar refractivity (Wildman–Crippen MR) is 89.8 cm³/mol. The van der Waals surface area contributed by atoms with Crippen molar-refractivity contribution in [1.29, 1.82) is 0 Å². The van der Waals surface area contributed by atoms with Crippen molar-refractivity contribution < 1.29 is 23.0 Å². The first-order valence-electron chi connectivity index (χ1n) is 7.37. The van der Waals surface area contributed by atoms with Gasteiger partial charge >= 0.3 is 6.36 Å². The number of aromatic hydroxyl groups is 1. The van der Waals surface area contributed by atoms with Crippen LogP contribution in [0.4, 0.5) is 13.2 Å². The Hall–Kier alpha value is -2.60. The number of alkyl halides is 3. The summed E-state index contributed by atoms with van der Waals surface area (Å²) < 4.78 is 40.9. The molecule has 0 amide bonds. The average Bonchev–Trinajstić information content (AvgIpc) is 2.58. The first-order chi connectivity index (χ1) is 11.9. The van der Waals surface area contributed by atoms with E-state index in [0.717, 1.165) is 9.79 Å². The SMILES string of the molecule is Oc1ccccc1[S+](c1ccccc1)c1ccc(OC(F)(F)F)cc1. The molecule has 3 rings (SSSR count). The summed E-state index contributed by atoms with van der Waals surface area (Å²) in [6.07, 6.45) is -4.72. The van der Waals surface area contributed by atoms with Crippen molar-refractivity contribution in [2.45, 2.75) is 21.0 Å². The van der Waals surface area contributed by atoms with E-state index in [0.29, 0.717) is 4.90 Å². The summed E-state index contributed by atoms with van der Waals surface area (Å²) in [5, 5.41) is 10.2. The third-order valence-electron chi connectivity index (χ3n) is 3.36. The van der Waals surface area contributed by atoms with Crippen molar-refractivity contribution >= 4 is 10.9 Å². The van der Waals surface area contributed by atoms with Crippen LogP contribution in [0, 0.1) is 0 Å². The maximum absolute atomic E-state index is 12.3. The minimum atomic E-state index is -4.72. The van der Waals surface area contributed by atoms with Crippen molar-refractivity contribution in [3.8, 4) is 11.5 Å². The molecule has 0 radical (unpaired) electrons. The van der Waals surface area contributed by atoms with E-state index in [-0.39, 0.29) is 11.5 Å². The summed E-state index contributed by atoms with van der Waals surface area (Å²) in [4.78, 5) is 2.44. The lowest BCUT2D eigenvalue weighted by atomic mass is 10.3. The third-order valence-corrected chi connectivity index (χ3v) is 5.63. The van der Waals surface area contributed by atoms with Crippen LogP contribution >= 0.6 is 0 Å². The van der Waals surface area contributed by atoms with Crippen LogP contribution in [-0.4, -0.2) is 11.5 Å². The lowest BCUT2D eigenvalue weighted by Crippen LogP contribution is -2.17. The monoisotopic (exact) mass is 363 g/mol. The second-order valence-electron chi connectivity index (χ2n) is 5.11. The lowest BCUT2D eigenvalue weighted by Gasteiger charge is -2.11. The van der Waals surface area contributed by atoms with Gasteiger partial charge in [-0.15, -0.1) is 13.2 Å². The Morgan fingerprint density at radius 1 is 0.720 bits per heavy atom. The van der Waals surface area contributed by atoms with Gasteiger partial charge < -0.3 is 9.84 Å². The summed E-state index contributed by atoms with van der Waals surface area (Å²) >= 11 is 0. The highest BCUT2D eigenvalue weighted by molar-refractivity contribution is 7.97. The van der Waals surface area contributed by atoms with Gasteiger partial charge in [-0.3, -0.25) is 0 Å². The molecule has 128 valence electrons. The van der Waals surface area contributed by atoms with Gasteiger partial charge in [-0.05, 0) is 48.5 Å². The largest absolute Gasteiger partial charge is 0.573 e. The Labute approximate surface area is 145 Å². The standard InChI is InChI=1S/C19H13F3O2S/c20-19(21,22)24-14-10-12-16(13-11-14)25(15-6-2-1-3-7-15)18-9-5-4-8-17(18)23/h1-13H/p+1. The van der Waals surface area contributed by atoms with Crippen LogP contribution in [-0.2, 0) is 10.9 Å². The van der Waals surface area contributed by atoms with Crippen LogP contribution < -0.4 is 4.74 Å². The molecule has 3 aromatic carbocycles. The first kappa shape index (κ1) is 17.2. The molecule has 0 saturated carbocycles. The zero-order chi connectivity index (χ0) is 17.9. The highest BCUT2D eigenvalue weighted by Crippen LogP contribution is 2.36. The molecule has 1 unspecified atom stereocenters. The van der Waals surface area contributed by atoms with Gasteiger partial charge in [0.25, 0.3) is 0 Å². The molecule has 0 aliphatic carbocycles. The molecule has 0 fully saturated rings. The molecule has 2 nitrogen and oxygen atoms in total. The molecule has 25 heavy (non-hydrogen) atoms. The second kappa shape index (κ2) is 7.11. The molecule has 0 spiro atoms. The quantitative estimate of drug-likeness (QED) is 0.630. The van der Waals surface area contributed by atoms with Crippen molar-refractivity contribution in [1.82, 2.24) is 0 Å². The zero-order valence-electron chi connectivity index (χ0n) is 12.9. The van der Waals surface area contributed by atoms with Gasteiger partial charge in [-0.25, -0.2) is 0 Å². The fourth-order valence-electron chi connectivity index (χ4n) is 2.35. The molecular weight excluding hydrogens is 349 g/mol. The smallest absolute Gasteiger partial charge is 0.503 e. The molecule has 0 aliphatic rings. The first-order valence-corrected chi connectivity index (χ1v) is 8.60. The molecule has 0 aromatic heterocycles. The fraction of sp³-hybridized carbons (Fsp3) is 0.0526. The minimum absolute atomic E-state index is 0.144. The number of rotatable bonds is 4. The second-order valence-corrected chi connectivity index (χ2v) is 7.10. The van der Waals surface area contributed by atoms with Gasteiger partial charge in [0, 0.05) is 0 Å². The maximum Gasteiger partial charge on any atom is 0.573 e. The number of halogens is 3. The predicted octanol–water partition coefficient (Wildman–Crippen LogP) is 5.39. The number of hydrogen-bond donors (Lipinski definition) is 1. The maximum atomic E-state index is 12.3. The lowest BCUT2D eigenvalue weighted by molar-refractivity contribution is -0.274. The van der Waals surface area contributed by atoms with Gasteiger partial charge in [0.1, 0.15) is 16.6 Å². The van der Waals surface area contributed by atoms with Crippen molar-refractivity contribution in [2.24, 2.45) is 0 Å². The van der Waals surface area contributed by atoms with Crippen LogP contribution in [0.2, 0.25) is 0 Å². The highest BCUT2D eigenvalue weighted by Gasteiger charge is 2.33. The summed E-state index contributed by atoms with van der Waals surface area (Å²) in [5.41, 5.74) is 0. The third kappa shape index (κ3) is 4.28. The summed E-state index contributed by atoms with van der Waals surface area (Å²) in [6, 6.07) is 22.2. The van der Waals surface area contributed by atoms with E-state index in [1.807, 2.05) is 42.5 Å². The zero-order valence-corrected chi connectivity index (χ0v) is 13.7. The normalized spacial score (nSPS) is 12.6. The van der Waals surface area contributed by atoms with Crippen molar-refractivity contribution in [2.75, 3.05) is 0 Å². The van der Waals surface area contributed by atoms with E-state index in [4.69, 9.17) is 0 Å². The Balaban J connectivity index is 2.02. The molecule has 6 heteroatoms. The van der Waals surface area contributed by atoms with Crippen LogP contribution in [0.25, 0.3) is 0 Å². The molecule has 0 bridgehead atoms. The molecular formula is C19H14F3O2S+. The number of phenolic OH excluding ortho intramolecular Hbond substituents is 1. The van der Waals surface area contributed by atoms with Crippen LogP contribution in [0.5, 0.6) is 11.5 Å². The van der Waals surface area contributed by atoms with Crippen LogP contribution in [0.3, 0.4) is 0 Å². The van der Waals surface area contributed by atoms with Crippen molar-refractivity contribution in [3.05, 3.63) is 78.9 Å². The Morgan fingerprint density at radius 3 is 1.88 bits per heavy atom. The van der Waals surface area contributed by atoms with Gasteiger partial charge in [0.2, 0.25) is 4.90 Å². The van der Waals surface area contributed by atoms with Gasteiger partial charge in [0.05, 0.1) is 0 Å². The number of benzene rings is 3. The Kier molecular flexibility index (Phi) is 4.90. The van der Waals surface area contributed by atoms with E-state index < -0.39 is 17.3 Å². The summed E-state index contributed by atoms with van der Waals surface area (Å²) in [5.74, 6) is -0.129. The van der Waals surface area contributed by atoms with Gasteiger partial charge in [0.15, 0.2) is 15.5 Å². The number of hydrogen-bond acceptors (Lipinski definition) is 2. The van der Waals surface area contributed by atoms with Crippen LogP contribution in [0.15, 0.2) is 93.5 Å². The van der Waals surface area contributed by atoms with Crippen molar-refractivity contribution in [3.63, 3.8) is 0 Å². The molecule has 0 aliphatic heterocycles. The molecule has 0 heterocycles. The van der Waals surface area contributed by atoms with Crippen LogP contribution in [0.1, 0.15) is 0 Å². The van der Waals surface area contributed by atoms with Gasteiger partial charge in [-0.2, -0.15) is 0 Å². The number of ether oxygens (including phenoxy) is 1. The molecule has 1 atom stereocenters. The van der Waals surface area contributed by atoms with E-state index in [1.165, 1.54) is 12.1 Å². The Bertz CT molecular complexity index is 833. The van der Waals surface area contributed by atoms with E-state index in [2.05, 4.69) is 4.74 Å². The molecule has 3 aromatic rings. The highest BCUT2D eigenvalue weighted by atomic mass is 32.2. The summed E-state index contributed by atoms with van der Waals surface area (Å²) in [7, 11) is -0.644. The molecule has 1 N–H and O–H groups in total. The van der Waals surface area contributed by atoms with E-state index in [9.17, 15) is 18.3 Å². The molecule has 0 saturated heterocycles. The average molecular weight is 363 g/mol. The topological polar surface area (TPSA) is 29.5 Å². The fourth-order valence-corrected chi connectivity index (χ4v) is 4.46. The number of para-hydroxylation sites is 1. The van der Waals surface area contributed by atoms with Gasteiger partial charge in [-0.1, -0.05) is 30.3 Å². The van der Waals surface area contributed by atoms with E-state index in [1.54, 1.807) is 24.3 Å². The number of phenols is 1. The Morgan fingerprint density at radius 2 is 1.28 bits per heavy atom. The summed E-state index contributed by atoms with van der Waals surface area (Å²) in [6.45, 7) is 0. The minimum Gasteiger partial charge on any atom is -0.503 e.